The van der Waals surface area contributed by atoms with Crippen LogP contribution >= 0.6 is 23.1 Å². The van der Waals surface area contributed by atoms with Crippen molar-refractivity contribution in [3.05, 3.63) is 29.3 Å². The Kier molecular flexibility index (Phi) is 6.33. The Morgan fingerprint density at radius 3 is 2.78 bits per heavy atom. The zero-order chi connectivity index (χ0) is 19.4. The maximum Gasteiger partial charge on any atom is 0.239 e. The first-order valence-corrected chi connectivity index (χ1v) is 10.5. The van der Waals surface area contributed by atoms with Gasteiger partial charge in [-0.1, -0.05) is 40.8 Å². The normalized spacial score (nSPS) is 13.3. The number of aryl methyl sites for hydroxylation is 2. The topological polar surface area (TPSA) is 87.2 Å². The van der Waals surface area contributed by atoms with E-state index in [1.165, 1.54) is 33.6 Å². The van der Waals surface area contributed by atoms with E-state index in [1.807, 2.05) is 19.1 Å². The van der Waals surface area contributed by atoms with E-state index >= 15 is 0 Å². The van der Waals surface area contributed by atoms with Gasteiger partial charge in [-0.25, -0.2) is 0 Å². The van der Waals surface area contributed by atoms with Gasteiger partial charge in [-0.2, -0.15) is 0 Å². The molecule has 1 aromatic carbocycles. The van der Waals surface area contributed by atoms with Gasteiger partial charge in [0.2, 0.25) is 16.9 Å². The van der Waals surface area contributed by atoms with E-state index in [-0.39, 0.29) is 24.1 Å². The fourth-order valence-corrected chi connectivity index (χ4v) is 4.13. The molecule has 1 heterocycles. The summed E-state index contributed by atoms with van der Waals surface area (Å²) in [4.78, 5) is 25.4. The SMILES string of the molecule is Cc1ccc(Nc2nnc(SCC(=O)N(C)CC(=O)NC3CC3)s2)c(C)c1. The molecule has 0 radical (unpaired) electrons. The number of aromatic nitrogens is 2. The number of nitrogens with zero attached hydrogens (tertiary/aromatic N) is 3. The van der Waals surface area contributed by atoms with Crippen LogP contribution < -0.4 is 10.6 Å². The van der Waals surface area contributed by atoms with Crippen LogP contribution in [0.15, 0.2) is 22.5 Å². The lowest BCUT2D eigenvalue weighted by atomic mass is 10.1. The van der Waals surface area contributed by atoms with Gasteiger partial charge in [-0.05, 0) is 38.3 Å². The van der Waals surface area contributed by atoms with Crippen LogP contribution in [-0.2, 0) is 9.59 Å². The molecule has 7 nitrogen and oxygen atoms in total. The lowest BCUT2D eigenvalue weighted by molar-refractivity contribution is -0.132. The number of anilines is 2. The predicted octanol–water partition coefficient (Wildman–Crippen LogP) is 2.73. The summed E-state index contributed by atoms with van der Waals surface area (Å²) in [5.41, 5.74) is 3.34. The molecule has 1 aliphatic rings. The molecule has 0 aliphatic heterocycles. The Bertz CT molecular complexity index is 835. The Hall–Kier alpha value is -2.13. The van der Waals surface area contributed by atoms with Gasteiger partial charge >= 0.3 is 0 Å². The number of carbonyl (C=O) groups excluding carboxylic acids is 2. The van der Waals surface area contributed by atoms with Crippen molar-refractivity contribution in [3.63, 3.8) is 0 Å². The number of carbonyl (C=O) groups is 2. The fourth-order valence-electron chi connectivity index (χ4n) is 2.43. The number of thioether (sulfide) groups is 1. The van der Waals surface area contributed by atoms with Crippen LogP contribution in [0.25, 0.3) is 0 Å². The summed E-state index contributed by atoms with van der Waals surface area (Å²) in [6.07, 6.45) is 2.07. The Labute approximate surface area is 166 Å². The summed E-state index contributed by atoms with van der Waals surface area (Å²) in [5.74, 6) is 0.0186. The number of hydrogen-bond donors (Lipinski definition) is 2. The second-order valence-corrected chi connectivity index (χ2v) is 8.90. The third-order valence-corrected chi connectivity index (χ3v) is 6.05. The molecule has 1 fully saturated rings. The minimum Gasteiger partial charge on any atom is -0.352 e. The Morgan fingerprint density at radius 2 is 2.07 bits per heavy atom. The standard InChI is InChI=1S/C18H23N5O2S2/c1-11-4-7-14(12(2)8-11)20-17-21-22-18(27-17)26-10-16(25)23(3)9-15(24)19-13-5-6-13/h4,7-8,13H,5-6,9-10H2,1-3H3,(H,19,24)(H,20,21). The summed E-state index contributed by atoms with van der Waals surface area (Å²) in [6.45, 7) is 4.19. The summed E-state index contributed by atoms with van der Waals surface area (Å²) in [7, 11) is 1.64. The number of likely N-dealkylation sites (N-methyl/N-ethyl adjacent to an activating group) is 1. The Balaban J connectivity index is 1.47. The number of rotatable bonds is 8. The molecule has 9 heteroatoms. The average Bonchev–Trinajstić information content (AvgIpc) is 3.31. The second-order valence-electron chi connectivity index (χ2n) is 6.70. The highest BCUT2D eigenvalue weighted by atomic mass is 32.2. The summed E-state index contributed by atoms with van der Waals surface area (Å²) >= 11 is 2.73. The molecule has 2 N–H and O–H groups in total. The monoisotopic (exact) mass is 405 g/mol. The van der Waals surface area contributed by atoms with Gasteiger partial charge in [0.05, 0.1) is 12.3 Å². The van der Waals surface area contributed by atoms with Crippen LogP contribution in [0.1, 0.15) is 24.0 Å². The molecule has 0 spiro atoms. The van der Waals surface area contributed by atoms with Gasteiger partial charge in [0.1, 0.15) is 0 Å². The minimum atomic E-state index is -0.106. The van der Waals surface area contributed by atoms with Crippen LogP contribution in [-0.4, -0.2) is 52.3 Å². The molecule has 2 amide bonds. The maximum atomic E-state index is 12.2. The number of hydrogen-bond acceptors (Lipinski definition) is 7. The van der Waals surface area contributed by atoms with Crippen molar-refractivity contribution in [3.8, 4) is 0 Å². The molecule has 0 saturated heterocycles. The lowest BCUT2D eigenvalue weighted by Gasteiger charge is -2.16. The molecule has 1 aliphatic carbocycles. The van der Waals surface area contributed by atoms with Gasteiger partial charge in [0.15, 0.2) is 4.34 Å². The maximum absolute atomic E-state index is 12.2. The molecule has 0 bridgehead atoms. The van der Waals surface area contributed by atoms with Crippen LogP contribution in [0.4, 0.5) is 10.8 Å². The van der Waals surface area contributed by atoms with Crippen LogP contribution in [0.5, 0.6) is 0 Å². The van der Waals surface area contributed by atoms with Crippen molar-refractivity contribution in [1.29, 1.82) is 0 Å². The molecule has 1 saturated carbocycles. The van der Waals surface area contributed by atoms with E-state index in [1.54, 1.807) is 7.05 Å². The highest BCUT2D eigenvalue weighted by Crippen LogP contribution is 2.29. The first-order valence-electron chi connectivity index (χ1n) is 8.74. The largest absolute Gasteiger partial charge is 0.352 e. The highest BCUT2D eigenvalue weighted by molar-refractivity contribution is 8.01. The second kappa shape index (κ2) is 8.71. The van der Waals surface area contributed by atoms with Crippen LogP contribution in [0.3, 0.4) is 0 Å². The molecular formula is C18H23N5O2S2. The van der Waals surface area contributed by atoms with Crippen molar-refractivity contribution in [2.75, 3.05) is 24.7 Å². The van der Waals surface area contributed by atoms with E-state index < -0.39 is 0 Å². The molecule has 27 heavy (non-hydrogen) atoms. The van der Waals surface area contributed by atoms with E-state index in [2.05, 4.69) is 33.8 Å². The van der Waals surface area contributed by atoms with E-state index in [4.69, 9.17) is 0 Å². The zero-order valence-corrected chi connectivity index (χ0v) is 17.2. The molecule has 2 aromatic rings. The quantitative estimate of drug-likeness (QED) is 0.657. The van der Waals surface area contributed by atoms with Crippen LogP contribution in [0, 0.1) is 13.8 Å². The minimum absolute atomic E-state index is 0.0888. The number of benzene rings is 1. The van der Waals surface area contributed by atoms with Crippen molar-refractivity contribution in [2.24, 2.45) is 0 Å². The first kappa shape index (κ1) is 19.6. The zero-order valence-electron chi connectivity index (χ0n) is 15.6. The van der Waals surface area contributed by atoms with Crippen molar-refractivity contribution >= 4 is 45.7 Å². The van der Waals surface area contributed by atoms with Gasteiger partial charge in [-0.15, -0.1) is 10.2 Å². The third kappa shape index (κ3) is 5.93. The summed E-state index contributed by atoms with van der Waals surface area (Å²) < 4.78 is 0.714. The first-order chi connectivity index (χ1) is 12.9. The van der Waals surface area contributed by atoms with Crippen LogP contribution in [0.2, 0.25) is 0 Å². The molecule has 1 aromatic heterocycles. The van der Waals surface area contributed by atoms with Gasteiger partial charge in [0.25, 0.3) is 0 Å². The molecule has 3 rings (SSSR count). The van der Waals surface area contributed by atoms with Crippen molar-refractivity contribution in [2.45, 2.75) is 37.1 Å². The van der Waals surface area contributed by atoms with E-state index in [9.17, 15) is 9.59 Å². The summed E-state index contributed by atoms with van der Waals surface area (Å²) in [5, 5.41) is 15.1. The number of amides is 2. The third-order valence-electron chi connectivity index (χ3n) is 4.10. The molecular weight excluding hydrogens is 382 g/mol. The highest BCUT2D eigenvalue weighted by Gasteiger charge is 2.24. The van der Waals surface area contributed by atoms with E-state index in [0.29, 0.717) is 15.5 Å². The number of nitrogens with one attached hydrogen (secondary N) is 2. The molecule has 144 valence electrons. The van der Waals surface area contributed by atoms with Gasteiger partial charge < -0.3 is 15.5 Å². The fraction of sp³-hybridized carbons (Fsp3) is 0.444. The van der Waals surface area contributed by atoms with Crippen molar-refractivity contribution < 1.29 is 9.59 Å². The van der Waals surface area contributed by atoms with Gasteiger partial charge in [0, 0.05) is 18.8 Å². The average molecular weight is 406 g/mol. The lowest BCUT2D eigenvalue weighted by Crippen LogP contribution is -2.39. The van der Waals surface area contributed by atoms with E-state index in [0.717, 1.165) is 24.1 Å². The Morgan fingerprint density at radius 1 is 1.30 bits per heavy atom. The molecule has 0 unspecified atom stereocenters. The van der Waals surface area contributed by atoms with Gasteiger partial charge in [-0.3, -0.25) is 9.59 Å². The molecule has 0 atom stereocenters. The van der Waals surface area contributed by atoms with Crippen molar-refractivity contribution in [1.82, 2.24) is 20.4 Å². The predicted molar refractivity (Wildman–Crippen MR) is 109 cm³/mol. The summed E-state index contributed by atoms with van der Waals surface area (Å²) in [6, 6.07) is 6.47. The smallest absolute Gasteiger partial charge is 0.239 e.